The van der Waals surface area contributed by atoms with Gasteiger partial charge >= 0.3 is 0 Å². The first kappa shape index (κ1) is 15.0. The topological polar surface area (TPSA) is 34.5 Å². The van der Waals surface area contributed by atoms with Crippen LogP contribution in [0.3, 0.4) is 0 Å². The van der Waals surface area contributed by atoms with Crippen molar-refractivity contribution in [3.05, 3.63) is 53.3 Å². The van der Waals surface area contributed by atoms with Gasteiger partial charge in [-0.05, 0) is 49.2 Å². The monoisotopic (exact) mass is 318 g/mol. The van der Waals surface area contributed by atoms with E-state index >= 15 is 0 Å². The lowest BCUT2D eigenvalue weighted by molar-refractivity contribution is -0.134. The molecule has 0 unspecified atom stereocenters. The summed E-state index contributed by atoms with van der Waals surface area (Å²) in [5.41, 5.74) is 1.13. The number of aromatic nitrogens is 1. The number of ether oxygens (including phenoxy) is 1. The standard InChI is InChI=1S/C17H19ClN2O2/c1-19-10-2-3-15(19)11-20(14-6-7-14)17(21)12-22-16-8-4-13(18)5-9-16/h2-5,8-10,14H,6-7,11-12H2,1H3. The highest BCUT2D eigenvalue weighted by Gasteiger charge is 2.33. The summed E-state index contributed by atoms with van der Waals surface area (Å²) in [6.45, 7) is 0.694. The lowest BCUT2D eigenvalue weighted by Gasteiger charge is -2.23. The molecule has 1 amide bonds. The summed E-state index contributed by atoms with van der Waals surface area (Å²) in [4.78, 5) is 14.4. The minimum atomic E-state index is 0.0265. The predicted octanol–water partition coefficient (Wildman–Crippen LogP) is 3.25. The van der Waals surface area contributed by atoms with Gasteiger partial charge in [-0.3, -0.25) is 4.79 Å². The average molecular weight is 319 g/mol. The van der Waals surface area contributed by atoms with Crippen LogP contribution in [-0.4, -0.2) is 28.0 Å². The molecule has 1 fully saturated rings. The zero-order chi connectivity index (χ0) is 15.5. The van der Waals surface area contributed by atoms with E-state index in [1.807, 2.05) is 34.8 Å². The fourth-order valence-electron chi connectivity index (χ4n) is 2.40. The van der Waals surface area contributed by atoms with Gasteiger partial charge in [0.15, 0.2) is 6.61 Å². The molecule has 1 aliphatic carbocycles. The number of rotatable bonds is 6. The molecule has 1 aromatic heterocycles. The Morgan fingerprint density at radius 1 is 1.32 bits per heavy atom. The second-order valence-electron chi connectivity index (χ2n) is 5.61. The van der Waals surface area contributed by atoms with E-state index in [-0.39, 0.29) is 12.5 Å². The van der Waals surface area contributed by atoms with Crippen molar-refractivity contribution in [2.45, 2.75) is 25.4 Å². The van der Waals surface area contributed by atoms with E-state index in [9.17, 15) is 4.79 Å². The van der Waals surface area contributed by atoms with E-state index in [1.165, 1.54) is 0 Å². The van der Waals surface area contributed by atoms with Crippen LogP contribution in [0.2, 0.25) is 5.02 Å². The largest absolute Gasteiger partial charge is 0.484 e. The van der Waals surface area contributed by atoms with Crippen LogP contribution in [0.5, 0.6) is 5.75 Å². The molecule has 2 aromatic rings. The second-order valence-corrected chi connectivity index (χ2v) is 6.04. The minimum Gasteiger partial charge on any atom is -0.484 e. The van der Waals surface area contributed by atoms with Crippen molar-refractivity contribution >= 4 is 17.5 Å². The van der Waals surface area contributed by atoms with Gasteiger partial charge in [-0.25, -0.2) is 0 Å². The first-order valence-corrected chi connectivity index (χ1v) is 7.79. The number of carbonyl (C=O) groups is 1. The minimum absolute atomic E-state index is 0.0265. The molecule has 116 valence electrons. The Kier molecular flexibility index (Phi) is 4.39. The molecule has 0 spiro atoms. The summed E-state index contributed by atoms with van der Waals surface area (Å²) in [6.07, 6.45) is 4.16. The number of benzene rings is 1. The third-order valence-electron chi connectivity index (χ3n) is 3.87. The zero-order valence-corrected chi connectivity index (χ0v) is 13.3. The Balaban J connectivity index is 1.60. The second kappa shape index (κ2) is 6.44. The van der Waals surface area contributed by atoms with E-state index in [0.29, 0.717) is 23.4 Å². The molecule has 0 atom stereocenters. The number of amides is 1. The van der Waals surface area contributed by atoms with Crippen molar-refractivity contribution in [2.24, 2.45) is 7.05 Å². The van der Waals surface area contributed by atoms with E-state index in [0.717, 1.165) is 18.5 Å². The lowest BCUT2D eigenvalue weighted by atomic mass is 10.3. The van der Waals surface area contributed by atoms with Gasteiger partial charge < -0.3 is 14.2 Å². The number of carbonyl (C=O) groups excluding carboxylic acids is 1. The quantitative estimate of drug-likeness (QED) is 0.819. The zero-order valence-electron chi connectivity index (χ0n) is 12.5. The summed E-state index contributed by atoms with van der Waals surface area (Å²) in [5, 5.41) is 0.655. The van der Waals surface area contributed by atoms with Crippen LogP contribution in [0.15, 0.2) is 42.6 Å². The summed E-state index contributed by atoms with van der Waals surface area (Å²) >= 11 is 5.84. The maximum atomic E-state index is 12.5. The molecule has 1 saturated carbocycles. The molecule has 1 heterocycles. The van der Waals surface area contributed by atoms with E-state index in [1.54, 1.807) is 24.3 Å². The van der Waals surface area contributed by atoms with Crippen LogP contribution in [-0.2, 0) is 18.4 Å². The molecular formula is C17H19ClN2O2. The molecule has 1 aromatic carbocycles. The lowest BCUT2D eigenvalue weighted by Crippen LogP contribution is -2.36. The van der Waals surface area contributed by atoms with Gasteiger partial charge in [0.1, 0.15) is 5.75 Å². The molecular weight excluding hydrogens is 300 g/mol. The fraction of sp³-hybridized carbons (Fsp3) is 0.353. The van der Waals surface area contributed by atoms with E-state index in [2.05, 4.69) is 0 Å². The average Bonchev–Trinajstić information content (AvgIpc) is 3.27. The van der Waals surface area contributed by atoms with Crippen LogP contribution >= 0.6 is 11.6 Å². The van der Waals surface area contributed by atoms with Gasteiger partial charge in [0.25, 0.3) is 5.91 Å². The third kappa shape index (κ3) is 3.63. The van der Waals surface area contributed by atoms with Crippen LogP contribution in [0.4, 0.5) is 0 Å². The van der Waals surface area contributed by atoms with Crippen LogP contribution < -0.4 is 4.74 Å². The first-order chi connectivity index (χ1) is 10.6. The SMILES string of the molecule is Cn1cccc1CN(C(=O)COc1ccc(Cl)cc1)C1CC1. The van der Waals surface area contributed by atoms with Gasteiger partial charge in [-0.2, -0.15) is 0 Å². The normalized spacial score (nSPS) is 13.9. The Hall–Kier alpha value is -1.94. The molecule has 0 aliphatic heterocycles. The van der Waals surface area contributed by atoms with Gasteiger partial charge in [0.2, 0.25) is 0 Å². The van der Waals surface area contributed by atoms with E-state index in [4.69, 9.17) is 16.3 Å². The Morgan fingerprint density at radius 2 is 2.05 bits per heavy atom. The highest BCUT2D eigenvalue weighted by Crippen LogP contribution is 2.28. The van der Waals surface area contributed by atoms with Gasteiger partial charge in [-0.15, -0.1) is 0 Å². The van der Waals surface area contributed by atoms with Crippen molar-refractivity contribution in [3.63, 3.8) is 0 Å². The molecule has 0 saturated heterocycles. The number of nitrogens with zero attached hydrogens (tertiary/aromatic N) is 2. The number of halogens is 1. The molecule has 22 heavy (non-hydrogen) atoms. The van der Waals surface area contributed by atoms with Crippen LogP contribution in [0.25, 0.3) is 0 Å². The van der Waals surface area contributed by atoms with Crippen LogP contribution in [0, 0.1) is 0 Å². The number of hydrogen-bond donors (Lipinski definition) is 0. The Labute approximate surface area is 135 Å². The smallest absolute Gasteiger partial charge is 0.261 e. The molecule has 4 nitrogen and oxygen atoms in total. The first-order valence-electron chi connectivity index (χ1n) is 7.41. The van der Waals surface area contributed by atoms with Crippen molar-refractivity contribution in [1.29, 1.82) is 0 Å². The summed E-state index contributed by atoms with van der Waals surface area (Å²) in [7, 11) is 2.00. The summed E-state index contributed by atoms with van der Waals surface area (Å²) < 4.78 is 7.62. The van der Waals surface area contributed by atoms with Gasteiger partial charge in [0, 0.05) is 30.0 Å². The predicted molar refractivity (Wildman–Crippen MR) is 85.9 cm³/mol. The summed E-state index contributed by atoms with van der Waals surface area (Å²) in [6, 6.07) is 11.4. The van der Waals surface area contributed by atoms with Crippen molar-refractivity contribution < 1.29 is 9.53 Å². The molecule has 0 bridgehead atoms. The van der Waals surface area contributed by atoms with Crippen molar-refractivity contribution in [3.8, 4) is 5.75 Å². The number of hydrogen-bond acceptors (Lipinski definition) is 2. The van der Waals surface area contributed by atoms with E-state index < -0.39 is 0 Å². The maximum Gasteiger partial charge on any atom is 0.261 e. The highest BCUT2D eigenvalue weighted by molar-refractivity contribution is 6.30. The summed E-state index contributed by atoms with van der Waals surface area (Å²) in [5.74, 6) is 0.686. The fourth-order valence-corrected chi connectivity index (χ4v) is 2.53. The highest BCUT2D eigenvalue weighted by atomic mass is 35.5. The van der Waals surface area contributed by atoms with Gasteiger partial charge in [0.05, 0.1) is 6.54 Å². The molecule has 0 radical (unpaired) electrons. The maximum absolute atomic E-state index is 12.5. The molecule has 0 N–H and O–H groups in total. The number of aryl methyl sites for hydroxylation is 1. The third-order valence-corrected chi connectivity index (χ3v) is 4.12. The molecule has 1 aliphatic rings. The van der Waals surface area contributed by atoms with Crippen molar-refractivity contribution in [1.82, 2.24) is 9.47 Å². The molecule has 5 heteroatoms. The van der Waals surface area contributed by atoms with Crippen LogP contribution in [0.1, 0.15) is 18.5 Å². The Morgan fingerprint density at radius 3 is 2.64 bits per heavy atom. The molecule has 3 rings (SSSR count). The van der Waals surface area contributed by atoms with Crippen molar-refractivity contribution in [2.75, 3.05) is 6.61 Å². The Bertz CT molecular complexity index is 647. The van der Waals surface area contributed by atoms with Gasteiger partial charge in [-0.1, -0.05) is 11.6 Å².